The number of nitro groups is 1. The number of anilines is 1. The number of nitrogens with one attached hydrogen (secondary N) is 1. The molecule has 1 heterocycles. The molecule has 0 atom stereocenters. The predicted molar refractivity (Wildman–Crippen MR) is 80.9 cm³/mol. The molecule has 8 heteroatoms. The maximum Gasteiger partial charge on any atom is 0.352 e. The van der Waals surface area contributed by atoms with Crippen molar-refractivity contribution in [2.24, 2.45) is 0 Å². The Hall–Kier alpha value is -1.96. The first-order chi connectivity index (χ1) is 9.95. The molecular weight excluding hydrogens is 274 g/mol. The minimum Gasteiger partial charge on any atom is -0.473 e. The molecule has 8 nitrogen and oxygen atoms in total. The molecule has 1 aromatic rings. The highest BCUT2D eigenvalue weighted by Crippen LogP contribution is 2.28. The second-order valence-electron chi connectivity index (χ2n) is 4.98. The highest BCUT2D eigenvalue weighted by Gasteiger charge is 2.23. The number of rotatable bonds is 9. The van der Waals surface area contributed by atoms with Gasteiger partial charge in [0.05, 0.1) is 11.5 Å². The van der Waals surface area contributed by atoms with Gasteiger partial charge in [-0.3, -0.25) is 10.1 Å². The minimum atomic E-state index is -0.500. The van der Waals surface area contributed by atoms with Crippen LogP contribution < -0.4 is 10.1 Å². The standard InChI is InChI=1S/C13H23N5O3/c1-5-7-14-13-15-10(2)11(18(19)20)12(16-13)21-9-6-8-17(3)4/h5-9H2,1-4H3,(H,14,15,16). The van der Waals surface area contributed by atoms with Gasteiger partial charge < -0.3 is 15.0 Å². The molecule has 1 N–H and O–H groups in total. The predicted octanol–water partition coefficient (Wildman–Crippen LogP) is 1.85. The van der Waals surface area contributed by atoms with Crippen LogP contribution in [0.3, 0.4) is 0 Å². The van der Waals surface area contributed by atoms with Crippen molar-refractivity contribution >= 4 is 11.6 Å². The van der Waals surface area contributed by atoms with Crippen LogP contribution in [0.4, 0.5) is 11.6 Å². The van der Waals surface area contributed by atoms with Crippen molar-refractivity contribution in [2.75, 3.05) is 39.1 Å². The molecule has 0 aliphatic carbocycles. The third kappa shape index (κ3) is 5.50. The van der Waals surface area contributed by atoms with E-state index in [0.717, 1.165) is 19.4 Å². The Kier molecular flexibility index (Phi) is 6.80. The normalized spacial score (nSPS) is 10.7. The van der Waals surface area contributed by atoms with Gasteiger partial charge in [-0.1, -0.05) is 6.92 Å². The van der Waals surface area contributed by atoms with Gasteiger partial charge in [0.2, 0.25) is 5.95 Å². The van der Waals surface area contributed by atoms with E-state index in [1.807, 2.05) is 25.9 Å². The lowest BCUT2D eigenvalue weighted by atomic mass is 10.3. The summed E-state index contributed by atoms with van der Waals surface area (Å²) in [4.78, 5) is 20.9. The van der Waals surface area contributed by atoms with Crippen LogP contribution in [-0.4, -0.2) is 53.6 Å². The van der Waals surface area contributed by atoms with Crippen LogP contribution >= 0.6 is 0 Å². The first kappa shape index (κ1) is 17.1. The van der Waals surface area contributed by atoms with E-state index in [0.29, 0.717) is 24.8 Å². The lowest BCUT2D eigenvalue weighted by molar-refractivity contribution is -0.387. The summed E-state index contributed by atoms with van der Waals surface area (Å²) in [6, 6.07) is 0. The number of hydrogen-bond acceptors (Lipinski definition) is 7. The fourth-order valence-corrected chi connectivity index (χ4v) is 1.72. The van der Waals surface area contributed by atoms with Crippen LogP contribution in [0.1, 0.15) is 25.5 Å². The maximum absolute atomic E-state index is 11.1. The van der Waals surface area contributed by atoms with Gasteiger partial charge in [-0.15, -0.1) is 0 Å². The summed E-state index contributed by atoms with van der Waals surface area (Å²) in [7, 11) is 3.92. The monoisotopic (exact) mass is 297 g/mol. The topological polar surface area (TPSA) is 93.4 Å². The van der Waals surface area contributed by atoms with E-state index in [4.69, 9.17) is 4.74 Å². The highest BCUT2D eigenvalue weighted by molar-refractivity contribution is 5.48. The molecule has 21 heavy (non-hydrogen) atoms. The van der Waals surface area contributed by atoms with Gasteiger partial charge in [-0.05, 0) is 33.9 Å². The van der Waals surface area contributed by atoms with E-state index in [-0.39, 0.29) is 11.6 Å². The molecule has 0 unspecified atom stereocenters. The summed E-state index contributed by atoms with van der Waals surface area (Å²) < 4.78 is 5.49. The SMILES string of the molecule is CCCNc1nc(C)c([N+](=O)[O-])c(OCCCN(C)C)n1. The molecule has 0 saturated carbocycles. The molecule has 0 saturated heterocycles. The summed E-state index contributed by atoms with van der Waals surface area (Å²) in [5, 5.41) is 14.1. The van der Waals surface area contributed by atoms with Crippen LogP contribution in [0.15, 0.2) is 0 Å². The quantitative estimate of drug-likeness (QED) is 0.422. The Morgan fingerprint density at radius 2 is 2.10 bits per heavy atom. The van der Waals surface area contributed by atoms with E-state index in [1.54, 1.807) is 6.92 Å². The Labute approximate surface area is 124 Å². The van der Waals surface area contributed by atoms with Gasteiger partial charge in [0.1, 0.15) is 5.69 Å². The molecule has 1 rings (SSSR count). The zero-order valence-electron chi connectivity index (χ0n) is 13.0. The second-order valence-corrected chi connectivity index (χ2v) is 4.98. The maximum atomic E-state index is 11.1. The largest absolute Gasteiger partial charge is 0.473 e. The van der Waals surface area contributed by atoms with Crippen LogP contribution in [0.5, 0.6) is 5.88 Å². The Bertz CT molecular complexity index is 479. The van der Waals surface area contributed by atoms with Gasteiger partial charge >= 0.3 is 5.69 Å². The summed E-state index contributed by atoms with van der Waals surface area (Å²) in [5.41, 5.74) is 0.137. The molecule has 1 aromatic heterocycles. The lowest BCUT2D eigenvalue weighted by Crippen LogP contribution is -2.16. The van der Waals surface area contributed by atoms with E-state index in [2.05, 4.69) is 15.3 Å². The fraction of sp³-hybridized carbons (Fsp3) is 0.692. The molecule has 0 aliphatic heterocycles. The molecule has 0 aliphatic rings. The van der Waals surface area contributed by atoms with E-state index in [9.17, 15) is 10.1 Å². The fourth-order valence-electron chi connectivity index (χ4n) is 1.72. The molecule has 0 aromatic carbocycles. The Morgan fingerprint density at radius 1 is 1.38 bits per heavy atom. The van der Waals surface area contributed by atoms with Crippen LogP contribution in [0.2, 0.25) is 0 Å². The van der Waals surface area contributed by atoms with Crippen molar-refractivity contribution in [2.45, 2.75) is 26.7 Å². The molecule has 118 valence electrons. The molecule has 0 amide bonds. The Balaban J connectivity index is 2.85. The number of aromatic nitrogens is 2. The zero-order valence-corrected chi connectivity index (χ0v) is 13.0. The average molecular weight is 297 g/mol. The van der Waals surface area contributed by atoms with E-state index in [1.165, 1.54) is 0 Å². The third-order valence-electron chi connectivity index (χ3n) is 2.73. The number of hydrogen-bond donors (Lipinski definition) is 1. The molecule has 0 bridgehead atoms. The highest BCUT2D eigenvalue weighted by atomic mass is 16.6. The van der Waals surface area contributed by atoms with Gasteiger partial charge in [0.25, 0.3) is 5.88 Å². The van der Waals surface area contributed by atoms with Crippen molar-refractivity contribution in [3.63, 3.8) is 0 Å². The van der Waals surface area contributed by atoms with E-state index >= 15 is 0 Å². The minimum absolute atomic E-state index is 0.0323. The summed E-state index contributed by atoms with van der Waals surface area (Å²) in [6.45, 7) is 5.53. The summed E-state index contributed by atoms with van der Waals surface area (Å²) >= 11 is 0. The number of ether oxygens (including phenoxy) is 1. The zero-order chi connectivity index (χ0) is 15.8. The van der Waals surface area contributed by atoms with Crippen LogP contribution in [-0.2, 0) is 0 Å². The van der Waals surface area contributed by atoms with Crippen LogP contribution in [0, 0.1) is 17.0 Å². The van der Waals surface area contributed by atoms with Crippen molar-refractivity contribution < 1.29 is 9.66 Å². The van der Waals surface area contributed by atoms with Crippen LogP contribution in [0.25, 0.3) is 0 Å². The van der Waals surface area contributed by atoms with Gasteiger partial charge in [0.15, 0.2) is 0 Å². The van der Waals surface area contributed by atoms with Crippen molar-refractivity contribution in [3.8, 4) is 5.88 Å². The summed E-state index contributed by atoms with van der Waals surface area (Å²) in [6.07, 6.45) is 1.68. The lowest BCUT2D eigenvalue weighted by Gasteiger charge is -2.11. The molecule has 0 fully saturated rings. The summed E-state index contributed by atoms with van der Waals surface area (Å²) in [5.74, 6) is 0.396. The van der Waals surface area contributed by atoms with Gasteiger partial charge in [-0.2, -0.15) is 4.98 Å². The van der Waals surface area contributed by atoms with Gasteiger partial charge in [0, 0.05) is 13.1 Å². The molecular formula is C13H23N5O3. The van der Waals surface area contributed by atoms with Gasteiger partial charge in [-0.25, -0.2) is 4.98 Å². The molecule has 0 radical (unpaired) electrons. The van der Waals surface area contributed by atoms with Crippen molar-refractivity contribution in [1.29, 1.82) is 0 Å². The average Bonchev–Trinajstić information content (AvgIpc) is 2.40. The number of nitrogens with zero attached hydrogens (tertiary/aromatic N) is 4. The molecule has 0 spiro atoms. The third-order valence-corrected chi connectivity index (χ3v) is 2.73. The van der Waals surface area contributed by atoms with Crippen molar-refractivity contribution in [1.82, 2.24) is 14.9 Å². The first-order valence-electron chi connectivity index (χ1n) is 7.00. The van der Waals surface area contributed by atoms with E-state index < -0.39 is 4.92 Å². The smallest absolute Gasteiger partial charge is 0.352 e. The first-order valence-corrected chi connectivity index (χ1v) is 7.00. The number of aryl methyl sites for hydroxylation is 1. The Morgan fingerprint density at radius 3 is 2.67 bits per heavy atom. The van der Waals surface area contributed by atoms with Crippen molar-refractivity contribution in [3.05, 3.63) is 15.8 Å². The second kappa shape index (κ2) is 8.35.